The highest BCUT2D eigenvalue weighted by atomic mass is 19.4. The zero-order chi connectivity index (χ0) is 13.9. The van der Waals surface area contributed by atoms with Crippen molar-refractivity contribution in [3.05, 3.63) is 54.1 Å². The number of rotatable bonds is 3. The summed E-state index contributed by atoms with van der Waals surface area (Å²) in [6.07, 6.45) is -0.219. The molecule has 1 aromatic carbocycles. The molecule has 1 atom stereocenters. The minimum absolute atomic E-state index is 0.284. The maximum atomic E-state index is 12.0. The Morgan fingerprint density at radius 3 is 2.11 bits per heavy atom. The molecule has 1 aromatic heterocycles. The minimum Gasteiger partial charge on any atom is -0.406 e. The summed E-state index contributed by atoms with van der Waals surface area (Å²) in [5.41, 5.74) is 7.27. The van der Waals surface area contributed by atoms with Crippen molar-refractivity contribution in [1.29, 1.82) is 0 Å². The van der Waals surface area contributed by atoms with Crippen LogP contribution in [0.4, 0.5) is 13.2 Å². The maximum Gasteiger partial charge on any atom is 0.573 e. The monoisotopic (exact) mass is 269 g/mol. The standard InChI is InChI=1S/C12H10F3N3O/c13-12(14,15)19-10-3-1-8(2-4-10)11(16)9-5-17-7-18-6-9/h1-7,11H,16H2. The number of nitrogens with zero attached hydrogens (tertiary/aromatic N) is 2. The van der Waals surface area contributed by atoms with Crippen LogP contribution in [-0.4, -0.2) is 16.3 Å². The van der Waals surface area contributed by atoms with Crippen molar-refractivity contribution in [3.63, 3.8) is 0 Å². The normalized spacial score (nSPS) is 13.1. The van der Waals surface area contributed by atoms with Gasteiger partial charge in [0, 0.05) is 18.0 Å². The quantitative estimate of drug-likeness (QED) is 0.929. The third kappa shape index (κ3) is 3.65. The van der Waals surface area contributed by atoms with Gasteiger partial charge in [0.25, 0.3) is 0 Å². The van der Waals surface area contributed by atoms with Gasteiger partial charge in [0.05, 0.1) is 6.04 Å². The molecule has 0 radical (unpaired) electrons. The predicted octanol–water partition coefficient (Wildman–Crippen LogP) is 2.42. The van der Waals surface area contributed by atoms with Crippen LogP contribution in [-0.2, 0) is 0 Å². The molecule has 4 nitrogen and oxygen atoms in total. The van der Waals surface area contributed by atoms with Gasteiger partial charge >= 0.3 is 6.36 Å². The number of alkyl halides is 3. The van der Waals surface area contributed by atoms with Crippen LogP contribution in [0.2, 0.25) is 0 Å². The Morgan fingerprint density at radius 1 is 1.00 bits per heavy atom. The van der Waals surface area contributed by atoms with Gasteiger partial charge in [-0.15, -0.1) is 13.2 Å². The molecule has 0 saturated carbocycles. The van der Waals surface area contributed by atoms with Crippen LogP contribution in [0.5, 0.6) is 5.75 Å². The predicted molar refractivity (Wildman–Crippen MR) is 61.2 cm³/mol. The molecule has 0 bridgehead atoms. The zero-order valence-electron chi connectivity index (χ0n) is 9.63. The Balaban J connectivity index is 2.15. The van der Waals surface area contributed by atoms with Crippen LogP contribution in [0.25, 0.3) is 0 Å². The lowest BCUT2D eigenvalue weighted by molar-refractivity contribution is -0.274. The molecule has 7 heteroatoms. The second kappa shape index (κ2) is 5.23. The first-order valence-corrected chi connectivity index (χ1v) is 5.32. The largest absolute Gasteiger partial charge is 0.573 e. The topological polar surface area (TPSA) is 61.0 Å². The Bertz CT molecular complexity index is 528. The fraction of sp³-hybridized carbons (Fsp3) is 0.167. The van der Waals surface area contributed by atoms with Gasteiger partial charge in [-0.25, -0.2) is 9.97 Å². The molecule has 2 rings (SSSR count). The average molecular weight is 269 g/mol. The molecule has 19 heavy (non-hydrogen) atoms. The number of halogens is 3. The summed E-state index contributed by atoms with van der Waals surface area (Å²) in [4.78, 5) is 7.67. The van der Waals surface area contributed by atoms with E-state index in [1.807, 2.05) is 0 Å². The van der Waals surface area contributed by atoms with E-state index in [-0.39, 0.29) is 5.75 Å². The zero-order valence-corrected chi connectivity index (χ0v) is 9.63. The van der Waals surface area contributed by atoms with Crippen LogP contribution in [0.15, 0.2) is 43.0 Å². The third-order valence-corrected chi connectivity index (χ3v) is 2.41. The van der Waals surface area contributed by atoms with Crippen molar-refractivity contribution in [3.8, 4) is 5.75 Å². The smallest absolute Gasteiger partial charge is 0.406 e. The van der Waals surface area contributed by atoms with E-state index >= 15 is 0 Å². The van der Waals surface area contributed by atoms with Crippen molar-refractivity contribution in [1.82, 2.24) is 9.97 Å². The van der Waals surface area contributed by atoms with E-state index in [1.54, 1.807) is 12.4 Å². The van der Waals surface area contributed by atoms with E-state index in [0.717, 1.165) is 0 Å². The molecule has 0 amide bonds. The first-order chi connectivity index (χ1) is 8.96. The molecule has 0 aliphatic heterocycles. The summed E-state index contributed by atoms with van der Waals surface area (Å²) in [5.74, 6) is -0.284. The average Bonchev–Trinajstić information content (AvgIpc) is 2.38. The fourth-order valence-corrected chi connectivity index (χ4v) is 1.54. The summed E-state index contributed by atoms with van der Waals surface area (Å²) >= 11 is 0. The number of ether oxygens (including phenoxy) is 1. The van der Waals surface area contributed by atoms with Crippen molar-refractivity contribution >= 4 is 0 Å². The number of hydrogen-bond donors (Lipinski definition) is 1. The number of aromatic nitrogens is 2. The lowest BCUT2D eigenvalue weighted by Gasteiger charge is -2.13. The molecule has 1 unspecified atom stereocenters. The summed E-state index contributed by atoms with van der Waals surface area (Å²) in [6.45, 7) is 0. The van der Waals surface area contributed by atoms with Crippen LogP contribution < -0.4 is 10.5 Å². The molecule has 1 heterocycles. The van der Waals surface area contributed by atoms with Crippen LogP contribution in [0.1, 0.15) is 17.2 Å². The van der Waals surface area contributed by atoms with Crippen molar-refractivity contribution in [2.24, 2.45) is 5.73 Å². The first-order valence-electron chi connectivity index (χ1n) is 5.32. The van der Waals surface area contributed by atoms with Crippen molar-refractivity contribution in [2.45, 2.75) is 12.4 Å². The SMILES string of the molecule is NC(c1ccc(OC(F)(F)F)cc1)c1cncnc1. The molecule has 0 aliphatic rings. The summed E-state index contributed by atoms with van der Waals surface area (Å²) in [7, 11) is 0. The van der Waals surface area contributed by atoms with Gasteiger partial charge in [-0.3, -0.25) is 0 Å². The summed E-state index contributed by atoms with van der Waals surface area (Å²) < 4.78 is 39.8. The number of nitrogens with two attached hydrogens (primary N) is 1. The molecule has 0 aliphatic carbocycles. The van der Waals surface area contributed by atoms with Gasteiger partial charge in [-0.2, -0.15) is 0 Å². The van der Waals surface area contributed by atoms with Gasteiger partial charge in [-0.05, 0) is 17.7 Å². The highest BCUT2D eigenvalue weighted by Crippen LogP contribution is 2.25. The van der Waals surface area contributed by atoms with Crippen LogP contribution >= 0.6 is 0 Å². The van der Waals surface area contributed by atoms with Gasteiger partial charge in [0.15, 0.2) is 0 Å². The Labute approximate surface area is 107 Å². The molecular formula is C12H10F3N3O. The molecule has 100 valence electrons. The maximum absolute atomic E-state index is 12.0. The van der Waals surface area contributed by atoms with E-state index in [9.17, 15) is 13.2 Å². The molecule has 2 N–H and O–H groups in total. The second-order valence-electron chi connectivity index (χ2n) is 3.77. The minimum atomic E-state index is -4.70. The van der Waals surface area contributed by atoms with Gasteiger partial charge in [0.1, 0.15) is 12.1 Å². The fourth-order valence-electron chi connectivity index (χ4n) is 1.54. The van der Waals surface area contributed by atoms with Crippen molar-refractivity contribution in [2.75, 3.05) is 0 Å². The van der Waals surface area contributed by atoms with E-state index in [2.05, 4.69) is 14.7 Å². The highest BCUT2D eigenvalue weighted by Gasteiger charge is 2.31. The highest BCUT2D eigenvalue weighted by molar-refractivity contribution is 5.33. The Kier molecular flexibility index (Phi) is 3.66. The lowest BCUT2D eigenvalue weighted by atomic mass is 10.0. The number of benzene rings is 1. The van der Waals surface area contributed by atoms with Gasteiger partial charge in [0.2, 0.25) is 0 Å². The third-order valence-electron chi connectivity index (χ3n) is 2.41. The summed E-state index contributed by atoms with van der Waals surface area (Å²) in [6, 6.07) is 4.87. The van der Waals surface area contributed by atoms with E-state index < -0.39 is 12.4 Å². The second-order valence-corrected chi connectivity index (χ2v) is 3.77. The molecule has 0 spiro atoms. The van der Waals surface area contributed by atoms with Gasteiger partial charge < -0.3 is 10.5 Å². The van der Waals surface area contributed by atoms with Crippen LogP contribution in [0.3, 0.4) is 0 Å². The van der Waals surface area contributed by atoms with E-state index in [1.165, 1.54) is 30.6 Å². The Hall–Kier alpha value is -2.15. The van der Waals surface area contributed by atoms with E-state index in [4.69, 9.17) is 5.73 Å². The van der Waals surface area contributed by atoms with Gasteiger partial charge in [-0.1, -0.05) is 12.1 Å². The van der Waals surface area contributed by atoms with Crippen molar-refractivity contribution < 1.29 is 17.9 Å². The molecule has 0 fully saturated rings. The van der Waals surface area contributed by atoms with E-state index in [0.29, 0.717) is 11.1 Å². The molecule has 2 aromatic rings. The summed E-state index contributed by atoms with van der Waals surface area (Å²) in [5, 5.41) is 0. The number of hydrogen-bond acceptors (Lipinski definition) is 4. The Morgan fingerprint density at radius 2 is 1.58 bits per heavy atom. The molecule has 0 saturated heterocycles. The van der Waals surface area contributed by atoms with Crippen LogP contribution in [0, 0.1) is 0 Å². The lowest BCUT2D eigenvalue weighted by Crippen LogP contribution is -2.17. The first kappa shape index (κ1) is 13.3. The molecular weight excluding hydrogens is 259 g/mol.